The molecule has 0 saturated carbocycles. The molecule has 0 spiro atoms. The van der Waals surface area contributed by atoms with Gasteiger partial charge in [0.15, 0.2) is 17.1 Å². The second-order valence-electron chi connectivity index (χ2n) is 5.75. The third kappa shape index (κ3) is 4.29. The zero-order valence-corrected chi connectivity index (χ0v) is 15.2. The Labute approximate surface area is 159 Å². The van der Waals surface area contributed by atoms with Crippen LogP contribution in [0.5, 0.6) is 11.5 Å². The first-order chi connectivity index (χ1) is 13.5. The number of rotatable bonds is 8. The van der Waals surface area contributed by atoms with E-state index >= 15 is 0 Å². The quantitative estimate of drug-likeness (QED) is 0.446. The Morgan fingerprint density at radius 1 is 1.18 bits per heavy atom. The Hall–Kier alpha value is -3.82. The van der Waals surface area contributed by atoms with Gasteiger partial charge in [-0.2, -0.15) is 4.98 Å². The fourth-order valence-electron chi connectivity index (χ4n) is 2.51. The van der Waals surface area contributed by atoms with Crippen LogP contribution in [0, 0.1) is 10.1 Å². The van der Waals surface area contributed by atoms with Gasteiger partial charge in [-0.1, -0.05) is 6.07 Å². The number of methoxy groups -OCH3 is 2. The van der Waals surface area contributed by atoms with Crippen molar-refractivity contribution >= 4 is 28.7 Å². The molecular weight excluding hydrogens is 368 g/mol. The number of aromatic nitrogens is 1. The number of amides is 1. The van der Waals surface area contributed by atoms with Gasteiger partial charge < -0.3 is 24.5 Å². The molecule has 1 aromatic heterocycles. The van der Waals surface area contributed by atoms with Crippen LogP contribution in [0.2, 0.25) is 0 Å². The number of oxazole rings is 1. The number of carbonyl (C=O) groups excluding carboxylic acids is 1. The summed E-state index contributed by atoms with van der Waals surface area (Å²) in [6, 6.07) is 9.56. The van der Waals surface area contributed by atoms with E-state index in [-0.39, 0.29) is 24.2 Å². The maximum Gasteiger partial charge on any atom is 0.296 e. The maximum absolute atomic E-state index is 12.0. The van der Waals surface area contributed by atoms with Crippen LogP contribution in [0.15, 0.2) is 40.8 Å². The smallest absolute Gasteiger partial charge is 0.296 e. The normalized spacial score (nSPS) is 10.5. The molecule has 10 heteroatoms. The average molecular weight is 386 g/mol. The second kappa shape index (κ2) is 8.25. The van der Waals surface area contributed by atoms with Gasteiger partial charge in [0.2, 0.25) is 5.91 Å². The van der Waals surface area contributed by atoms with Crippen LogP contribution in [-0.4, -0.2) is 36.6 Å². The highest BCUT2D eigenvalue weighted by Crippen LogP contribution is 2.27. The lowest BCUT2D eigenvalue weighted by molar-refractivity contribution is -0.384. The standard InChI is InChI=1S/C18H18N4O6/c1-26-15-5-3-11(7-16(15)27-2)9-19-17(23)10-20-18-21-13-8-12(22(24)25)4-6-14(13)28-18/h3-8H,9-10H2,1-2H3,(H,19,23)(H,20,21). The Kier molecular flexibility index (Phi) is 5.58. The molecule has 3 rings (SSSR count). The molecule has 1 amide bonds. The third-order valence-corrected chi connectivity index (χ3v) is 3.92. The summed E-state index contributed by atoms with van der Waals surface area (Å²) in [5.41, 5.74) is 1.49. The number of ether oxygens (including phenoxy) is 2. The first-order valence-electron chi connectivity index (χ1n) is 8.26. The number of nitrogens with zero attached hydrogens (tertiary/aromatic N) is 2. The van der Waals surface area contributed by atoms with E-state index in [4.69, 9.17) is 13.9 Å². The van der Waals surface area contributed by atoms with E-state index in [0.29, 0.717) is 29.1 Å². The zero-order valence-electron chi connectivity index (χ0n) is 15.2. The van der Waals surface area contributed by atoms with Crippen molar-refractivity contribution in [1.82, 2.24) is 10.3 Å². The molecule has 0 saturated heterocycles. The van der Waals surface area contributed by atoms with Crippen LogP contribution < -0.4 is 20.1 Å². The van der Waals surface area contributed by atoms with Crippen LogP contribution in [0.3, 0.4) is 0 Å². The summed E-state index contributed by atoms with van der Waals surface area (Å²) < 4.78 is 15.8. The summed E-state index contributed by atoms with van der Waals surface area (Å²) in [4.78, 5) is 26.4. The highest BCUT2D eigenvalue weighted by Gasteiger charge is 2.12. The minimum absolute atomic E-state index is 0.0673. The number of hydrogen-bond donors (Lipinski definition) is 2. The first kappa shape index (κ1) is 19.0. The molecule has 1 heterocycles. The van der Waals surface area contributed by atoms with Gasteiger partial charge in [-0.3, -0.25) is 14.9 Å². The van der Waals surface area contributed by atoms with Crippen molar-refractivity contribution in [3.8, 4) is 11.5 Å². The van der Waals surface area contributed by atoms with Crippen LogP contribution in [0.1, 0.15) is 5.56 Å². The molecule has 10 nitrogen and oxygen atoms in total. The number of nitro benzene ring substituents is 1. The molecule has 0 aliphatic heterocycles. The predicted octanol–water partition coefficient (Wildman–Crippen LogP) is 2.48. The molecule has 0 unspecified atom stereocenters. The van der Waals surface area contributed by atoms with Crippen molar-refractivity contribution in [2.45, 2.75) is 6.54 Å². The summed E-state index contributed by atoms with van der Waals surface area (Å²) in [6.07, 6.45) is 0. The lowest BCUT2D eigenvalue weighted by Crippen LogP contribution is -2.29. The fourth-order valence-corrected chi connectivity index (χ4v) is 2.51. The van der Waals surface area contributed by atoms with E-state index in [2.05, 4.69) is 15.6 Å². The van der Waals surface area contributed by atoms with Gasteiger partial charge >= 0.3 is 0 Å². The molecule has 0 atom stereocenters. The average Bonchev–Trinajstić information content (AvgIpc) is 3.12. The molecule has 2 aromatic carbocycles. The lowest BCUT2D eigenvalue weighted by atomic mass is 10.2. The van der Waals surface area contributed by atoms with Gasteiger partial charge in [-0.05, 0) is 23.8 Å². The number of nitrogens with one attached hydrogen (secondary N) is 2. The minimum atomic E-state index is -0.511. The largest absolute Gasteiger partial charge is 0.493 e. The van der Waals surface area contributed by atoms with Gasteiger partial charge in [-0.25, -0.2) is 0 Å². The third-order valence-electron chi connectivity index (χ3n) is 3.92. The van der Waals surface area contributed by atoms with Gasteiger partial charge in [0, 0.05) is 18.7 Å². The van der Waals surface area contributed by atoms with Crippen LogP contribution in [0.4, 0.5) is 11.7 Å². The van der Waals surface area contributed by atoms with Crippen molar-refractivity contribution in [2.75, 3.05) is 26.1 Å². The summed E-state index contributed by atoms with van der Waals surface area (Å²) in [5, 5.41) is 16.3. The molecule has 2 N–H and O–H groups in total. The SMILES string of the molecule is COc1ccc(CNC(=O)CNc2nc3cc([N+](=O)[O-])ccc3o2)cc1OC. The molecule has 0 fully saturated rings. The van der Waals surface area contributed by atoms with Gasteiger partial charge in [0.05, 0.1) is 25.7 Å². The van der Waals surface area contributed by atoms with E-state index in [1.807, 2.05) is 6.07 Å². The molecular formula is C18H18N4O6. The molecule has 0 aliphatic carbocycles. The maximum atomic E-state index is 12.0. The van der Waals surface area contributed by atoms with Crippen molar-refractivity contribution in [3.63, 3.8) is 0 Å². The Bertz CT molecular complexity index is 1020. The van der Waals surface area contributed by atoms with Gasteiger partial charge in [0.25, 0.3) is 11.7 Å². The van der Waals surface area contributed by atoms with Crippen LogP contribution in [0.25, 0.3) is 11.1 Å². The number of nitro groups is 1. The Morgan fingerprint density at radius 2 is 1.96 bits per heavy atom. The summed E-state index contributed by atoms with van der Waals surface area (Å²) >= 11 is 0. The molecule has 146 valence electrons. The molecule has 0 bridgehead atoms. The minimum Gasteiger partial charge on any atom is -0.493 e. The number of carbonyl (C=O) groups is 1. The van der Waals surface area contributed by atoms with E-state index in [1.54, 1.807) is 26.4 Å². The number of hydrogen-bond acceptors (Lipinski definition) is 8. The Morgan fingerprint density at radius 3 is 2.68 bits per heavy atom. The topological polar surface area (TPSA) is 129 Å². The van der Waals surface area contributed by atoms with Gasteiger partial charge in [-0.15, -0.1) is 0 Å². The van der Waals surface area contributed by atoms with Crippen molar-refractivity contribution < 1.29 is 23.6 Å². The monoisotopic (exact) mass is 386 g/mol. The van der Waals surface area contributed by atoms with Crippen molar-refractivity contribution in [3.05, 3.63) is 52.1 Å². The van der Waals surface area contributed by atoms with Crippen LogP contribution in [-0.2, 0) is 11.3 Å². The summed E-state index contributed by atoms with van der Waals surface area (Å²) in [5.74, 6) is 0.909. The Balaban J connectivity index is 1.55. The second-order valence-corrected chi connectivity index (χ2v) is 5.75. The van der Waals surface area contributed by atoms with Crippen molar-refractivity contribution in [2.24, 2.45) is 0 Å². The number of fused-ring (bicyclic) bond motifs is 1. The first-order valence-corrected chi connectivity index (χ1v) is 8.26. The summed E-state index contributed by atoms with van der Waals surface area (Å²) in [6.45, 7) is 0.239. The van der Waals surface area contributed by atoms with Gasteiger partial charge in [0.1, 0.15) is 5.52 Å². The molecule has 28 heavy (non-hydrogen) atoms. The molecule has 0 radical (unpaired) electrons. The highest BCUT2D eigenvalue weighted by molar-refractivity contribution is 5.81. The van der Waals surface area contributed by atoms with E-state index in [1.165, 1.54) is 18.2 Å². The lowest BCUT2D eigenvalue weighted by Gasteiger charge is -2.10. The number of anilines is 1. The number of non-ortho nitro benzene ring substituents is 1. The molecule has 0 aliphatic rings. The predicted molar refractivity (Wildman–Crippen MR) is 101 cm³/mol. The number of benzene rings is 2. The van der Waals surface area contributed by atoms with Crippen molar-refractivity contribution in [1.29, 1.82) is 0 Å². The van der Waals surface area contributed by atoms with E-state index < -0.39 is 4.92 Å². The summed E-state index contributed by atoms with van der Waals surface area (Å²) in [7, 11) is 3.09. The van der Waals surface area contributed by atoms with Crippen LogP contribution >= 0.6 is 0 Å². The highest BCUT2D eigenvalue weighted by atomic mass is 16.6. The van der Waals surface area contributed by atoms with E-state index in [9.17, 15) is 14.9 Å². The van der Waals surface area contributed by atoms with E-state index in [0.717, 1.165) is 5.56 Å². The molecule has 3 aromatic rings. The fraction of sp³-hybridized carbons (Fsp3) is 0.222. The zero-order chi connectivity index (χ0) is 20.1.